The molecule has 3 aliphatic heterocycles. The highest BCUT2D eigenvalue weighted by Crippen LogP contribution is 2.48. The number of esters is 2. The second kappa shape index (κ2) is 3.57. The molecule has 0 amide bonds. The highest BCUT2D eigenvalue weighted by Gasteiger charge is 2.61. The summed E-state index contributed by atoms with van der Waals surface area (Å²) in [5.74, 6) is -0.753. The number of carbonyl (C=O) groups is 2. The maximum atomic E-state index is 11.6. The molecule has 5 atom stereocenters. The topological polar surface area (TPSA) is 61.8 Å². The smallest absolute Gasteiger partial charge is 0.333 e. The van der Waals surface area contributed by atoms with Gasteiger partial charge in [-0.2, -0.15) is 0 Å². The third-order valence-electron chi connectivity index (χ3n) is 3.75. The molecule has 0 spiro atoms. The van der Waals surface area contributed by atoms with Crippen LogP contribution < -0.4 is 0 Å². The maximum absolute atomic E-state index is 11.6. The molecule has 3 saturated heterocycles. The second-order valence-corrected chi connectivity index (χ2v) is 4.92. The molecule has 5 nitrogen and oxygen atoms in total. The largest absolute Gasteiger partial charge is 0.465 e. The van der Waals surface area contributed by atoms with Gasteiger partial charge >= 0.3 is 11.9 Å². The van der Waals surface area contributed by atoms with E-state index in [4.69, 9.17) is 14.2 Å². The van der Waals surface area contributed by atoms with Crippen LogP contribution in [0.1, 0.15) is 13.3 Å². The minimum Gasteiger partial charge on any atom is -0.465 e. The average Bonchev–Trinajstić information content (AvgIpc) is 2.91. The van der Waals surface area contributed by atoms with Crippen LogP contribution in [-0.4, -0.2) is 36.9 Å². The Morgan fingerprint density at radius 3 is 3.00 bits per heavy atom. The molecule has 2 bridgehead atoms. The first-order chi connectivity index (χ1) is 8.08. The Bertz CT molecular complexity index is 402. The monoisotopic (exact) mass is 238 g/mol. The summed E-state index contributed by atoms with van der Waals surface area (Å²) in [6, 6.07) is 0. The first kappa shape index (κ1) is 10.8. The van der Waals surface area contributed by atoms with Crippen molar-refractivity contribution in [3.63, 3.8) is 0 Å². The molecule has 0 aliphatic carbocycles. The van der Waals surface area contributed by atoms with Crippen LogP contribution in [-0.2, 0) is 23.8 Å². The number of cyclic esters (lactones) is 1. The van der Waals surface area contributed by atoms with Gasteiger partial charge in [0.1, 0.15) is 12.2 Å². The number of rotatable bonds is 2. The lowest BCUT2D eigenvalue weighted by Gasteiger charge is -2.24. The molecule has 1 unspecified atom stereocenters. The van der Waals surface area contributed by atoms with E-state index in [0.717, 1.165) is 0 Å². The molecule has 3 fully saturated rings. The second-order valence-electron chi connectivity index (χ2n) is 4.92. The van der Waals surface area contributed by atoms with E-state index in [0.29, 0.717) is 18.6 Å². The standard InChI is InChI=1S/C12H14O5/c1-5(2)11(13)17-8-3-7-6-4-15-12(14)9(6)10(8)16-7/h6-10H,1,3-4H2,2H3/t6-,7+,8-,9-,10?/m1/s1. The quantitative estimate of drug-likeness (QED) is 0.516. The van der Waals surface area contributed by atoms with Gasteiger partial charge in [-0.3, -0.25) is 4.79 Å². The van der Waals surface area contributed by atoms with Crippen LogP contribution in [0.15, 0.2) is 12.2 Å². The third-order valence-corrected chi connectivity index (χ3v) is 3.75. The van der Waals surface area contributed by atoms with Gasteiger partial charge in [-0.05, 0) is 6.92 Å². The first-order valence-electron chi connectivity index (χ1n) is 5.76. The minimum atomic E-state index is -0.422. The minimum absolute atomic E-state index is 0.0145. The molecule has 3 heterocycles. The van der Waals surface area contributed by atoms with Crippen molar-refractivity contribution in [3.05, 3.63) is 12.2 Å². The number of fused-ring (bicyclic) bond motifs is 5. The molecule has 0 aromatic rings. The Kier molecular flexibility index (Phi) is 2.26. The van der Waals surface area contributed by atoms with E-state index in [2.05, 4.69) is 6.58 Å². The predicted octanol–water partition coefficient (Wildman–Crippen LogP) is 0.435. The zero-order valence-electron chi connectivity index (χ0n) is 9.55. The fourth-order valence-electron chi connectivity index (χ4n) is 2.92. The van der Waals surface area contributed by atoms with Crippen LogP contribution in [0.2, 0.25) is 0 Å². The number of carbonyl (C=O) groups excluding carboxylic acids is 2. The van der Waals surface area contributed by atoms with Gasteiger partial charge in [-0.25, -0.2) is 4.79 Å². The number of ether oxygens (including phenoxy) is 3. The van der Waals surface area contributed by atoms with Crippen molar-refractivity contribution in [2.45, 2.75) is 31.7 Å². The molecule has 0 radical (unpaired) electrons. The summed E-state index contributed by atoms with van der Waals surface area (Å²) in [6.45, 7) is 5.57. The lowest BCUT2D eigenvalue weighted by molar-refractivity contribution is -0.153. The van der Waals surface area contributed by atoms with Crippen LogP contribution in [0, 0.1) is 11.8 Å². The van der Waals surface area contributed by atoms with Gasteiger partial charge in [0.15, 0.2) is 0 Å². The Morgan fingerprint density at radius 1 is 1.53 bits per heavy atom. The molecule has 0 saturated carbocycles. The lowest BCUT2D eigenvalue weighted by atomic mass is 9.80. The average molecular weight is 238 g/mol. The van der Waals surface area contributed by atoms with Crippen LogP contribution in [0.3, 0.4) is 0 Å². The van der Waals surface area contributed by atoms with Crippen molar-refractivity contribution in [3.8, 4) is 0 Å². The Hall–Kier alpha value is -1.36. The maximum Gasteiger partial charge on any atom is 0.333 e. The first-order valence-corrected chi connectivity index (χ1v) is 5.76. The van der Waals surface area contributed by atoms with Gasteiger partial charge in [0.2, 0.25) is 0 Å². The molecule has 0 aromatic heterocycles. The molecular formula is C12H14O5. The Balaban J connectivity index is 1.73. The van der Waals surface area contributed by atoms with Crippen LogP contribution >= 0.6 is 0 Å². The molecule has 3 aliphatic rings. The van der Waals surface area contributed by atoms with Crippen molar-refractivity contribution in [2.24, 2.45) is 11.8 Å². The molecule has 0 aromatic carbocycles. The molecule has 0 N–H and O–H groups in total. The summed E-state index contributed by atoms with van der Waals surface area (Å²) >= 11 is 0. The zero-order chi connectivity index (χ0) is 12.2. The highest BCUT2D eigenvalue weighted by atomic mass is 16.6. The SMILES string of the molecule is C=C(C)C(=O)O[C@@H]1C[C@@H]2OC1[C@@H]1C(=O)OC[C@H]21. The van der Waals surface area contributed by atoms with E-state index < -0.39 is 5.97 Å². The summed E-state index contributed by atoms with van der Waals surface area (Å²) in [7, 11) is 0. The Morgan fingerprint density at radius 2 is 2.29 bits per heavy atom. The van der Waals surface area contributed by atoms with Crippen molar-refractivity contribution >= 4 is 11.9 Å². The van der Waals surface area contributed by atoms with Crippen molar-refractivity contribution < 1.29 is 23.8 Å². The van der Waals surface area contributed by atoms with Gasteiger partial charge in [0.05, 0.1) is 18.6 Å². The third kappa shape index (κ3) is 1.49. The molecule has 17 heavy (non-hydrogen) atoms. The summed E-state index contributed by atoms with van der Waals surface area (Å²) in [6.07, 6.45) is -0.0274. The lowest BCUT2D eigenvalue weighted by Crippen LogP contribution is -2.40. The van der Waals surface area contributed by atoms with E-state index in [-0.39, 0.29) is 36.1 Å². The summed E-state index contributed by atoms with van der Waals surface area (Å²) < 4.78 is 16.0. The highest BCUT2D eigenvalue weighted by molar-refractivity contribution is 5.87. The normalized spacial score (nSPS) is 42.2. The van der Waals surface area contributed by atoms with Crippen molar-refractivity contribution in [1.29, 1.82) is 0 Å². The van der Waals surface area contributed by atoms with Crippen LogP contribution in [0.4, 0.5) is 0 Å². The van der Waals surface area contributed by atoms with Gasteiger partial charge in [-0.15, -0.1) is 0 Å². The fourth-order valence-corrected chi connectivity index (χ4v) is 2.92. The summed E-state index contributed by atoms with van der Waals surface area (Å²) in [5.41, 5.74) is 0.360. The molecule has 92 valence electrons. The van der Waals surface area contributed by atoms with E-state index in [1.54, 1.807) is 6.92 Å². The van der Waals surface area contributed by atoms with E-state index in [1.807, 2.05) is 0 Å². The zero-order valence-corrected chi connectivity index (χ0v) is 9.55. The molecule has 5 heteroatoms. The van der Waals surface area contributed by atoms with Gasteiger partial charge in [-0.1, -0.05) is 6.58 Å². The van der Waals surface area contributed by atoms with E-state index >= 15 is 0 Å². The van der Waals surface area contributed by atoms with Crippen LogP contribution in [0.25, 0.3) is 0 Å². The molecule has 3 rings (SSSR count). The van der Waals surface area contributed by atoms with Gasteiger partial charge in [0, 0.05) is 17.9 Å². The fraction of sp³-hybridized carbons (Fsp3) is 0.667. The number of hydrogen-bond donors (Lipinski definition) is 0. The van der Waals surface area contributed by atoms with Crippen LogP contribution in [0.5, 0.6) is 0 Å². The van der Waals surface area contributed by atoms with Gasteiger partial charge < -0.3 is 14.2 Å². The number of hydrogen-bond acceptors (Lipinski definition) is 5. The predicted molar refractivity (Wildman–Crippen MR) is 55.9 cm³/mol. The van der Waals surface area contributed by atoms with Crippen molar-refractivity contribution in [1.82, 2.24) is 0 Å². The van der Waals surface area contributed by atoms with Gasteiger partial charge in [0.25, 0.3) is 0 Å². The van der Waals surface area contributed by atoms with E-state index in [1.165, 1.54) is 0 Å². The Labute approximate surface area is 98.7 Å². The summed E-state index contributed by atoms with van der Waals surface area (Å²) in [4.78, 5) is 23.0. The van der Waals surface area contributed by atoms with E-state index in [9.17, 15) is 9.59 Å². The van der Waals surface area contributed by atoms with Crippen molar-refractivity contribution in [2.75, 3.05) is 6.61 Å². The molecular weight excluding hydrogens is 224 g/mol. The summed E-state index contributed by atoms with van der Waals surface area (Å²) in [5, 5.41) is 0.